The predicted octanol–water partition coefficient (Wildman–Crippen LogP) is 1.86. The molecule has 2 bridgehead atoms. The molecule has 1 aromatic heterocycles. The molecule has 3 rings (SSSR count). The maximum absolute atomic E-state index is 12.3. The Labute approximate surface area is 133 Å². The number of fused-ring (bicyclic) bond motifs is 2. The summed E-state index contributed by atoms with van der Waals surface area (Å²) in [7, 11) is 0. The van der Waals surface area contributed by atoms with E-state index in [1.165, 1.54) is 18.3 Å². The van der Waals surface area contributed by atoms with E-state index in [1.54, 1.807) is 0 Å². The highest BCUT2D eigenvalue weighted by Crippen LogP contribution is 2.48. The maximum Gasteiger partial charge on any atom is 0.272 e. The number of aliphatic hydroxyl groups is 1. The van der Waals surface area contributed by atoms with E-state index in [4.69, 9.17) is 4.74 Å². The van der Waals surface area contributed by atoms with Gasteiger partial charge in [0.25, 0.3) is 12.3 Å². The highest BCUT2D eigenvalue weighted by Gasteiger charge is 2.47. The van der Waals surface area contributed by atoms with Crippen molar-refractivity contribution < 1.29 is 23.4 Å². The Bertz CT molecular complexity index is 553. The van der Waals surface area contributed by atoms with Gasteiger partial charge >= 0.3 is 0 Å². The SMILES string of the molecule is O=C(NC1C2CCC(C2)C1CO)c1ccc(OCC(F)F)nc1. The molecule has 1 amide bonds. The van der Waals surface area contributed by atoms with Crippen LogP contribution in [0.4, 0.5) is 8.78 Å². The van der Waals surface area contributed by atoms with Crippen molar-refractivity contribution in [3.05, 3.63) is 23.9 Å². The number of ether oxygens (including phenoxy) is 1. The van der Waals surface area contributed by atoms with E-state index in [0.29, 0.717) is 17.4 Å². The van der Waals surface area contributed by atoms with Crippen LogP contribution in [0.2, 0.25) is 0 Å². The monoisotopic (exact) mass is 326 g/mol. The Balaban J connectivity index is 1.60. The maximum atomic E-state index is 12.3. The van der Waals surface area contributed by atoms with Gasteiger partial charge in [0.1, 0.15) is 0 Å². The minimum absolute atomic E-state index is 0.000935. The Kier molecular flexibility index (Phi) is 4.75. The Morgan fingerprint density at radius 3 is 2.83 bits per heavy atom. The first-order valence-corrected chi connectivity index (χ1v) is 7.87. The van der Waals surface area contributed by atoms with Gasteiger partial charge in [-0.05, 0) is 37.2 Å². The van der Waals surface area contributed by atoms with Crippen LogP contribution in [0, 0.1) is 17.8 Å². The molecule has 2 aliphatic rings. The summed E-state index contributed by atoms with van der Waals surface area (Å²) in [5, 5.41) is 12.5. The lowest BCUT2D eigenvalue weighted by Crippen LogP contribution is -2.45. The number of amides is 1. The van der Waals surface area contributed by atoms with Crippen LogP contribution >= 0.6 is 0 Å². The fourth-order valence-electron chi connectivity index (χ4n) is 3.88. The Hall–Kier alpha value is -1.76. The fraction of sp³-hybridized carbons (Fsp3) is 0.625. The van der Waals surface area contributed by atoms with Gasteiger partial charge in [-0.15, -0.1) is 0 Å². The van der Waals surface area contributed by atoms with Crippen molar-refractivity contribution in [2.75, 3.05) is 13.2 Å². The average molecular weight is 326 g/mol. The minimum atomic E-state index is -2.56. The molecule has 23 heavy (non-hydrogen) atoms. The lowest BCUT2D eigenvalue weighted by atomic mass is 9.85. The summed E-state index contributed by atoms with van der Waals surface area (Å²) in [6.45, 7) is -0.632. The van der Waals surface area contributed by atoms with Crippen LogP contribution in [-0.2, 0) is 0 Å². The molecule has 4 atom stereocenters. The van der Waals surface area contributed by atoms with Crippen LogP contribution in [-0.4, -0.2) is 41.7 Å². The number of carbonyl (C=O) groups excluding carboxylic acids is 1. The molecule has 0 saturated heterocycles. The number of aliphatic hydroxyl groups excluding tert-OH is 1. The van der Waals surface area contributed by atoms with E-state index >= 15 is 0 Å². The second-order valence-corrected chi connectivity index (χ2v) is 6.27. The van der Waals surface area contributed by atoms with E-state index in [0.717, 1.165) is 19.3 Å². The molecule has 5 nitrogen and oxygen atoms in total. The number of alkyl halides is 2. The summed E-state index contributed by atoms with van der Waals surface area (Å²) in [6, 6.07) is 2.91. The molecule has 7 heteroatoms. The van der Waals surface area contributed by atoms with E-state index in [1.807, 2.05) is 0 Å². The molecule has 2 N–H and O–H groups in total. The van der Waals surface area contributed by atoms with Gasteiger partial charge in [-0.3, -0.25) is 4.79 Å². The van der Waals surface area contributed by atoms with Crippen LogP contribution in [0.1, 0.15) is 29.6 Å². The molecule has 2 aliphatic carbocycles. The highest BCUT2D eigenvalue weighted by atomic mass is 19.3. The van der Waals surface area contributed by atoms with Crippen molar-refractivity contribution in [1.82, 2.24) is 10.3 Å². The first kappa shape index (κ1) is 16.1. The predicted molar refractivity (Wildman–Crippen MR) is 78.4 cm³/mol. The number of halogens is 2. The Morgan fingerprint density at radius 1 is 1.39 bits per heavy atom. The number of nitrogens with one attached hydrogen (secondary N) is 1. The molecule has 4 unspecified atom stereocenters. The number of hydrogen-bond acceptors (Lipinski definition) is 4. The molecular formula is C16H20F2N2O3. The fourth-order valence-corrected chi connectivity index (χ4v) is 3.88. The quantitative estimate of drug-likeness (QED) is 0.837. The number of rotatable bonds is 6. The second kappa shape index (κ2) is 6.78. The van der Waals surface area contributed by atoms with Crippen molar-refractivity contribution in [2.45, 2.75) is 31.7 Å². The van der Waals surface area contributed by atoms with Gasteiger partial charge in [0.15, 0.2) is 6.61 Å². The van der Waals surface area contributed by atoms with Crippen LogP contribution in [0.15, 0.2) is 18.3 Å². The average Bonchev–Trinajstić information content (AvgIpc) is 3.14. The van der Waals surface area contributed by atoms with Crippen molar-refractivity contribution in [3.8, 4) is 5.88 Å². The zero-order valence-electron chi connectivity index (χ0n) is 12.6. The number of nitrogens with zero attached hydrogens (tertiary/aromatic N) is 1. The molecule has 0 radical (unpaired) electrons. The number of carbonyl (C=O) groups is 1. The highest BCUT2D eigenvalue weighted by molar-refractivity contribution is 5.94. The lowest BCUT2D eigenvalue weighted by Gasteiger charge is -2.30. The zero-order chi connectivity index (χ0) is 16.4. The van der Waals surface area contributed by atoms with Gasteiger partial charge in [0.05, 0.1) is 5.56 Å². The standard InChI is InChI=1S/C16H20F2N2O3/c17-13(18)8-23-14-4-3-11(6-19-14)16(22)20-15-10-2-1-9(5-10)12(15)7-21/h3-4,6,9-10,12-13,15,21H,1-2,5,7-8H2,(H,20,22). The largest absolute Gasteiger partial charge is 0.472 e. The molecular weight excluding hydrogens is 306 g/mol. The number of aromatic nitrogens is 1. The van der Waals surface area contributed by atoms with Crippen molar-refractivity contribution in [3.63, 3.8) is 0 Å². The van der Waals surface area contributed by atoms with Gasteiger partial charge in [-0.25, -0.2) is 13.8 Å². The van der Waals surface area contributed by atoms with Crippen molar-refractivity contribution in [1.29, 1.82) is 0 Å². The van der Waals surface area contributed by atoms with Crippen LogP contribution in [0.3, 0.4) is 0 Å². The molecule has 126 valence electrons. The molecule has 0 aromatic carbocycles. The van der Waals surface area contributed by atoms with E-state index in [-0.39, 0.29) is 30.4 Å². The first-order chi connectivity index (χ1) is 11.1. The smallest absolute Gasteiger partial charge is 0.272 e. The van der Waals surface area contributed by atoms with Crippen LogP contribution in [0.25, 0.3) is 0 Å². The molecule has 0 spiro atoms. The molecule has 2 fully saturated rings. The third-order valence-electron chi connectivity index (χ3n) is 4.95. The minimum Gasteiger partial charge on any atom is -0.472 e. The summed E-state index contributed by atoms with van der Waals surface area (Å²) in [5.74, 6) is 0.865. The summed E-state index contributed by atoms with van der Waals surface area (Å²) < 4.78 is 28.9. The first-order valence-electron chi connectivity index (χ1n) is 7.87. The molecule has 1 heterocycles. The van der Waals surface area contributed by atoms with E-state index in [2.05, 4.69) is 10.3 Å². The van der Waals surface area contributed by atoms with E-state index in [9.17, 15) is 18.7 Å². The number of pyridine rings is 1. The van der Waals surface area contributed by atoms with Gasteiger partial charge in [0.2, 0.25) is 5.88 Å². The van der Waals surface area contributed by atoms with Crippen LogP contribution < -0.4 is 10.1 Å². The molecule has 0 aliphatic heterocycles. The summed E-state index contributed by atoms with van der Waals surface area (Å²) in [6.07, 6.45) is 2.03. The van der Waals surface area contributed by atoms with Gasteiger partial charge in [-0.2, -0.15) is 0 Å². The summed E-state index contributed by atoms with van der Waals surface area (Å²) in [5.41, 5.74) is 0.355. The van der Waals surface area contributed by atoms with Gasteiger partial charge < -0.3 is 15.2 Å². The summed E-state index contributed by atoms with van der Waals surface area (Å²) >= 11 is 0. The second-order valence-electron chi connectivity index (χ2n) is 6.27. The molecule has 2 saturated carbocycles. The van der Waals surface area contributed by atoms with Crippen molar-refractivity contribution >= 4 is 5.91 Å². The topological polar surface area (TPSA) is 71.5 Å². The van der Waals surface area contributed by atoms with Crippen LogP contribution in [0.5, 0.6) is 5.88 Å². The normalized spacial score (nSPS) is 29.0. The third kappa shape index (κ3) is 3.44. The summed E-state index contributed by atoms with van der Waals surface area (Å²) in [4.78, 5) is 16.2. The van der Waals surface area contributed by atoms with Gasteiger partial charge in [0, 0.05) is 30.8 Å². The number of hydrogen-bond donors (Lipinski definition) is 2. The molecule has 1 aromatic rings. The third-order valence-corrected chi connectivity index (χ3v) is 4.95. The van der Waals surface area contributed by atoms with Gasteiger partial charge in [-0.1, -0.05) is 0 Å². The van der Waals surface area contributed by atoms with E-state index < -0.39 is 13.0 Å². The lowest BCUT2D eigenvalue weighted by molar-refractivity contribution is 0.0792. The van der Waals surface area contributed by atoms with Crippen molar-refractivity contribution in [2.24, 2.45) is 17.8 Å². The zero-order valence-corrected chi connectivity index (χ0v) is 12.6. The Morgan fingerprint density at radius 2 is 2.17 bits per heavy atom.